The molecule has 0 radical (unpaired) electrons. The molecule has 2 nitrogen and oxygen atoms in total. The van der Waals surface area contributed by atoms with Gasteiger partial charge in [0.05, 0.1) is 0 Å². The number of rotatable bonds is 3. The molecule has 3 rings (SSSR count). The van der Waals surface area contributed by atoms with E-state index in [1.165, 1.54) is 22.3 Å². The van der Waals surface area contributed by atoms with Crippen LogP contribution in [0.2, 0.25) is 0 Å². The fourth-order valence-corrected chi connectivity index (χ4v) is 2.74. The Morgan fingerprint density at radius 1 is 0.947 bits per heavy atom. The first-order valence-electron chi connectivity index (χ1n) is 6.92. The molecule has 1 heterocycles. The van der Waals surface area contributed by atoms with E-state index in [0.29, 0.717) is 0 Å². The predicted octanol–water partition coefficient (Wildman–Crippen LogP) is 3.35. The second-order valence-corrected chi connectivity index (χ2v) is 5.34. The van der Waals surface area contributed by atoms with Crippen molar-refractivity contribution < 1.29 is 0 Å². The van der Waals surface area contributed by atoms with Crippen LogP contribution in [-0.2, 0) is 26.1 Å². The predicted molar refractivity (Wildman–Crippen MR) is 79.6 cm³/mol. The Labute approximate surface area is 114 Å². The number of anilines is 1. The van der Waals surface area contributed by atoms with Crippen LogP contribution in [-0.4, -0.2) is 4.90 Å². The number of benzene rings is 2. The minimum absolute atomic E-state index is 0.868. The van der Waals surface area contributed by atoms with Crippen LogP contribution in [0.3, 0.4) is 0 Å². The second-order valence-electron chi connectivity index (χ2n) is 5.34. The summed E-state index contributed by atoms with van der Waals surface area (Å²) in [5, 5.41) is 0. The maximum Gasteiger partial charge on any atom is 0.0317 e. The lowest BCUT2D eigenvalue weighted by Crippen LogP contribution is -2.15. The molecule has 0 bridgehead atoms. The highest BCUT2D eigenvalue weighted by atomic mass is 15.1. The van der Waals surface area contributed by atoms with Gasteiger partial charge in [-0.15, -0.1) is 0 Å². The molecule has 1 aliphatic rings. The normalized spacial score (nSPS) is 14.6. The average Bonchev–Trinajstić information content (AvgIpc) is 2.81. The van der Waals surface area contributed by atoms with Crippen LogP contribution in [0.4, 0.5) is 5.69 Å². The highest BCUT2D eigenvalue weighted by molar-refractivity contribution is 5.46. The van der Waals surface area contributed by atoms with Crippen molar-refractivity contribution >= 4 is 5.69 Å². The zero-order chi connectivity index (χ0) is 13.2. The molecule has 2 aromatic carbocycles. The van der Waals surface area contributed by atoms with E-state index >= 15 is 0 Å². The molecule has 2 aromatic rings. The second kappa shape index (κ2) is 5.06. The van der Waals surface area contributed by atoms with E-state index in [4.69, 9.17) is 5.73 Å². The van der Waals surface area contributed by atoms with E-state index in [2.05, 4.69) is 48.2 Å². The Morgan fingerprint density at radius 2 is 1.63 bits per heavy atom. The SMILES string of the molecule is CCc1ccc(CN2Cc3ccc(N)cc3C2)cc1. The molecular weight excluding hydrogens is 232 g/mol. The molecule has 2 N–H and O–H groups in total. The highest BCUT2D eigenvalue weighted by Crippen LogP contribution is 2.26. The van der Waals surface area contributed by atoms with Gasteiger partial charge in [-0.2, -0.15) is 0 Å². The molecule has 0 amide bonds. The molecule has 19 heavy (non-hydrogen) atoms. The molecule has 0 fully saturated rings. The van der Waals surface area contributed by atoms with Crippen molar-refractivity contribution in [3.8, 4) is 0 Å². The van der Waals surface area contributed by atoms with Gasteiger partial charge >= 0.3 is 0 Å². The van der Waals surface area contributed by atoms with Crippen molar-refractivity contribution in [2.45, 2.75) is 33.0 Å². The number of nitrogens with zero attached hydrogens (tertiary/aromatic N) is 1. The lowest BCUT2D eigenvalue weighted by molar-refractivity contribution is 0.275. The van der Waals surface area contributed by atoms with Gasteiger partial charge in [0.15, 0.2) is 0 Å². The monoisotopic (exact) mass is 252 g/mol. The molecule has 0 aromatic heterocycles. The lowest BCUT2D eigenvalue weighted by atomic mass is 10.1. The van der Waals surface area contributed by atoms with E-state index in [-0.39, 0.29) is 0 Å². The fraction of sp³-hybridized carbons (Fsp3) is 0.294. The Morgan fingerprint density at radius 3 is 2.37 bits per heavy atom. The summed E-state index contributed by atoms with van der Waals surface area (Å²) < 4.78 is 0. The number of nitrogen functional groups attached to an aromatic ring is 1. The molecule has 0 atom stereocenters. The van der Waals surface area contributed by atoms with Gasteiger partial charge in [0.25, 0.3) is 0 Å². The largest absolute Gasteiger partial charge is 0.399 e. The maximum absolute atomic E-state index is 5.84. The summed E-state index contributed by atoms with van der Waals surface area (Å²) >= 11 is 0. The molecule has 98 valence electrons. The number of hydrogen-bond donors (Lipinski definition) is 1. The summed E-state index contributed by atoms with van der Waals surface area (Å²) in [5.41, 5.74) is 12.3. The fourth-order valence-electron chi connectivity index (χ4n) is 2.74. The summed E-state index contributed by atoms with van der Waals surface area (Å²) in [6, 6.07) is 15.2. The molecule has 0 saturated heterocycles. The summed E-state index contributed by atoms with van der Waals surface area (Å²) in [6.45, 7) is 5.25. The van der Waals surface area contributed by atoms with Gasteiger partial charge < -0.3 is 5.73 Å². The minimum Gasteiger partial charge on any atom is -0.399 e. The Bertz CT molecular complexity index is 572. The van der Waals surface area contributed by atoms with E-state index < -0.39 is 0 Å². The summed E-state index contributed by atoms with van der Waals surface area (Å²) in [6.07, 6.45) is 1.11. The van der Waals surface area contributed by atoms with Crippen LogP contribution < -0.4 is 5.73 Å². The zero-order valence-electron chi connectivity index (χ0n) is 11.4. The smallest absolute Gasteiger partial charge is 0.0317 e. The minimum atomic E-state index is 0.868. The van der Waals surface area contributed by atoms with Gasteiger partial charge in [-0.3, -0.25) is 4.90 Å². The maximum atomic E-state index is 5.84. The molecule has 0 aliphatic carbocycles. The van der Waals surface area contributed by atoms with E-state index in [1.54, 1.807) is 0 Å². The van der Waals surface area contributed by atoms with Gasteiger partial charge in [-0.05, 0) is 40.8 Å². The lowest BCUT2D eigenvalue weighted by Gasteiger charge is -2.15. The molecule has 0 saturated carbocycles. The Hall–Kier alpha value is -1.80. The molecule has 0 unspecified atom stereocenters. The Balaban J connectivity index is 1.69. The van der Waals surface area contributed by atoms with Crippen LogP contribution in [0.25, 0.3) is 0 Å². The van der Waals surface area contributed by atoms with Gasteiger partial charge in [-0.25, -0.2) is 0 Å². The van der Waals surface area contributed by atoms with Crippen LogP contribution in [0.5, 0.6) is 0 Å². The quantitative estimate of drug-likeness (QED) is 0.849. The highest BCUT2D eigenvalue weighted by Gasteiger charge is 2.18. The third kappa shape index (κ3) is 2.64. The zero-order valence-corrected chi connectivity index (χ0v) is 11.4. The van der Waals surface area contributed by atoms with Crippen LogP contribution in [0.1, 0.15) is 29.2 Å². The van der Waals surface area contributed by atoms with Crippen LogP contribution >= 0.6 is 0 Å². The van der Waals surface area contributed by atoms with Crippen molar-refractivity contribution in [1.29, 1.82) is 0 Å². The number of hydrogen-bond acceptors (Lipinski definition) is 2. The third-order valence-corrected chi connectivity index (χ3v) is 3.86. The van der Waals surface area contributed by atoms with Crippen molar-refractivity contribution in [1.82, 2.24) is 4.90 Å². The van der Waals surface area contributed by atoms with Gasteiger partial charge in [0.2, 0.25) is 0 Å². The van der Waals surface area contributed by atoms with Crippen molar-refractivity contribution in [3.63, 3.8) is 0 Å². The van der Waals surface area contributed by atoms with Crippen LogP contribution in [0.15, 0.2) is 42.5 Å². The number of aryl methyl sites for hydroxylation is 1. The standard InChI is InChI=1S/C17H20N2/c1-2-13-3-5-14(6-4-13)10-19-11-15-7-8-17(18)9-16(15)12-19/h3-9H,2,10-12,18H2,1H3. The van der Waals surface area contributed by atoms with Crippen molar-refractivity contribution in [2.75, 3.05) is 5.73 Å². The number of nitrogens with two attached hydrogens (primary N) is 1. The molecular formula is C17H20N2. The molecule has 1 aliphatic heterocycles. The third-order valence-electron chi connectivity index (χ3n) is 3.86. The molecule has 0 spiro atoms. The van der Waals surface area contributed by atoms with Crippen LogP contribution in [0, 0.1) is 0 Å². The topological polar surface area (TPSA) is 29.3 Å². The Kier molecular flexibility index (Phi) is 3.26. The van der Waals surface area contributed by atoms with Crippen molar-refractivity contribution in [2.24, 2.45) is 0 Å². The summed E-state index contributed by atoms with van der Waals surface area (Å²) in [4.78, 5) is 2.46. The van der Waals surface area contributed by atoms with Gasteiger partial charge in [-0.1, -0.05) is 37.3 Å². The first-order chi connectivity index (χ1) is 9.24. The summed E-state index contributed by atoms with van der Waals surface area (Å²) in [7, 11) is 0. The first kappa shape index (κ1) is 12.2. The molecule has 2 heteroatoms. The van der Waals surface area contributed by atoms with E-state index in [9.17, 15) is 0 Å². The number of fused-ring (bicyclic) bond motifs is 1. The van der Waals surface area contributed by atoms with E-state index in [0.717, 1.165) is 31.7 Å². The van der Waals surface area contributed by atoms with Gasteiger partial charge in [0.1, 0.15) is 0 Å². The average molecular weight is 252 g/mol. The van der Waals surface area contributed by atoms with Crippen molar-refractivity contribution in [3.05, 3.63) is 64.7 Å². The first-order valence-corrected chi connectivity index (χ1v) is 6.92. The summed E-state index contributed by atoms with van der Waals surface area (Å²) in [5.74, 6) is 0. The van der Waals surface area contributed by atoms with Gasteiger partial charge in [0, 0.05) is 25.3 Å². The van der Waals surface area contributed by atoms with E-state index in [1.807, 2.05) is 6.07 Å².